The smallest absolute Gasteiger partial charge is 0.410 e. The number of pyridine rings is 1. The van der Waals surface area contributed by atoms with Crippen molar-refractivity contribution in [1.29, 1.82) is 0 Å². The fraction of sp³-hybridized carbons (Fsp3) is 0.676. The Morgan fingerprint density at radius 1 is 0.976 bits per heavy atom. The van der Waals surface area contributed by atoms with Crippen molar-refractivity contribution in [2.24, 2.45) is 5.41 Å². The molecule has 0 N–H and O–H groups in total. The molecular weight excluding hydrogens is 539 g/mol. The van der Waals surface area contributed by atoms with Gasteiger partial charge in [-0.15, -0.1) is 0 Å². The van der Waals surface area contributed by atoms with E-state index in [0.29, 0.717) is 0 Å². The van der Waals surface area contributed by atoms with Gasteiger partial charge in [0, 0.05) is 22.5 Å². The predicted molar refractivity (Wildman–Crippen MR) is 161 cm³/mol. The monoisotopic (exact) mass is 587 g/mol. The number of benzene rings is 1. The SMILES string of the molecule is CC(C)c1nc2c(c3c1C(c1ccc(C(F)(F)F)cc1)OC31CCCCC1)[C@@H](O[Si](C)(C)C(C)(C)C)CC(C)(C)C2. The van der Waals surface area contributed by atoms with E-state index in [4.69, 9.17) is 14.1 Å². The summed E-state index contributed by atoms with van der Waals surface area (Å²) in [5.41, 5.74) is 5.44. The van der Waals surface area contributed by atoms with Crippen LogP contribution in [0.2, 0.25) is 18.1 Å². The van der Waals surface area contributed by atoms with E-state index in [2.05, 4.69) is 61.6 Å². The highest BCUT2D eigenvalue weighted by atomic mass is 28.4. The molecule has 3 aliphatic rings. The van der Waals surface area contributed by atoms with Crippen molar-refractivity contribution >= 4 is 8.32 Å². The molecule has 1 unspecified atom stereocenters. The maximum absolute atomic E-state index is 13.5. The number of hydrogen-bond donors (Lipinski definition) is 0. The van der Waals surface area contributed by atoms with Crippen molar-refractivity contribution in [1.82, 2.24) is 4.98 Å². The minimum atomic E-state index is -4.37. The first-order valence-corrected chi connectivity index (χ1v) is 18.4. The average Bonchev–Trinajstić information content (AvgIpc) is 3.15. The van der Waals surface area contributed by atoms with Crippen molar-refractivity contribution in [2.45, 2.75) is 141 Å². The van der Waals surface area contributed by atoms with Gasteiger partial charge in [0.25, 0.3) is 0 Å². The van der Waals surface area contributed by atoms with Crippen molar-refractivity contribution in [3.63, 3.8) is 0 Å². The van der Waals surface area contributed by atoms with Crippen LogP contribution >= 0.6 is 0 Å². The zero-order valence-corrected chi connectivity index (χ0v) is 27.4. The number of halogens is 3. The van der Waals surface area contributed by atoms with E-state index in [0.717, 1.165) is 61.0 Å². The second kappa shape index (κ2) is 10.2. The van der Waals surface area contributed by atoms with Gasteiger partial charge in [-0.3, -0.25) is 4.98 Å². The van der Waals surface area contributed by atoms with Crippen LogP contribution in [0.25, 0.3) is 0 Å². The average molecular weight is 588 g/mol. The number of hydrogen-bond acceptors (Lipinski definition) is 3. The molecule has 1 spiro atoms. The van der Waals surface area contributed by atoms with Crippen molar-refractivity contribution in [3.05, 3.63) is 63.5 Å². The normalized spacial score (nSPS) is 24.0. The molecular formula is C34H48F3NO2Si. The maximum Gasteiger partial charge on any atom is 0.416 e. The van der Waals surface area contributed by atoms with Crippen molar-refractivity contribution in [3.8, 4) is 0 Å². The lowest BCUT2D eigenvalue weighted by Crippen LogP contribution is -2.44. The molecule has 7 heteroatoms. The molecule has 0 amide bonds. The van der Waals surface area contributed by atoms with Gasteiger partial charge in [0.1, 0.15) is 6.10 Å². The summed E-state index contributed by atoms with van der Waals surface area (Å²) < 4.78 is 54.8. The lowest BCUT2D eigenvalue weighted by Gasteiger charge is -2.46. The van der Waals surface area contributed by atoms with Crippen LogP contribution in [0, 0.1) is 5.41 Å². The quantitative estimate of drug-likeness (QED) is 0.334. The van der Waals surface area contributed by atoms with Crippen LogP contribution in [0.3, 0.4) is 0 Å². The van der Waals surface area contributed by atoms with Crippen molar-refractivity contribution < 1.29 is 22.3 Å². The lowest BCUT2D eigenvalue weighted by molar-refractivity contribution is -0.137. The summed E-state index contributed by atoms with van der Waals surface area (Å²) in [5, 5.41) is 0.0605. The van der Waals surface area contributed by atoms with E-state index < -0.39 is 31.8 Å². The third-order valence-corrected chi connectivity index (χ3v) is 14.6. The molecule has 2 aromatic rings. The zero-order valence-electron chi connectivity index (χ0n) is 26.4. The number of ether oxygens (including phenoxy) is 1. The molecule has 1 fully saturated rings. The summed E-state index contributed by atoms with van der Waals surface area (Å²) in [6.07, 6.45) is 2.07. The minimum Gasteiger partial charge on any atom is -0.410 e. The van der Waals surface area contributed by atoms with Gasteiger partial charge in [-0.25, -0.2) is 0 Å². The molecule has 2 heterocycles. The van der Waals surface area contributed by atoms with E-state index in [1.54, 1.807) is 12.1 Å². The van der Waals surface area contributed by atoms with E-state index in [1.807, 2.05) is 0 Å². The molecule has 0 saturated heterocycles. The Bertz CT molecular complexity index is 1290. The molecule has 1 saturated carbocycles. The van der Waals surface area contributed by atoms with E-state index in [1.165, 1.54) is 29.7 Å². The van der Waals surface area contributed by atoms with Crippen LogP contribution in [0.1, 0.15) is 144 Å². The van der Waals surface area contributed by atoms with Gasteiger partial charge in [0.2, 0.25) is 0 Å². The Labute approximate surface area is 245 Å². The summed E-state index contributed by atoms with van der Waals surface area (Å²) in [6, 6.07) is 5.60. The second-order valence-corrected chi connectivity index (χ2v) is 20.1. The predicted octanol–water partition coefficient (Wildman–Crippen LogP) is 10.5. The van der Waals surface area contributed by atoms with Crippen LogP contribution in [-0.2, 0) is 27.4 Å². The Balaban J connectivity index is 1.76. The van der Waals surface area contributed by atoms with Gasteiger partial charge < -0.3 is 9.16 Å². The summed E-state index contributed by atoms with van der Waals surface area (Å²) >= 11 is 0. The molecule has 1 aromatic heterocycles. The fourth-order valence-electron chi connectivity index (χ4n) is 7.04. The van der Waals surface area contributed by atoms with Gasteiger partial charge >= 0.3 is 6.18 Å². The number of rotatable bonds is 4. The van der Waals surface area contributed by atoms with E-state index >= 15 is 0 Å². The van der Waals surface area contributed by atoms with Crippen LogP contribution in [0.15, 0.2) is 24.3 Å². The van der Waals surface area contributed by atoms with E-state index in [-0.39, 0.29) is 22.5 Å². The zero-order chi connectivity index (χ0) is 30.2. The Hall–Kier alpha value is -1.70. The highest BCUT2D eigenvalue weighted by molar-refractivity contribution is 6.74. The third kappa shape index (κ3) is 5.56. The van der Waals surface area contributed by atoms with Gasteiger partial charge in [0.05, 0.1) is 17.3 Å². The fourth-order valence-corrected chi connectivity index (χ4v) is 8.31. The first-order chi connectivity index (χ1) is 18.9. The van der Waals surface area contributed by atoms with Crippen LogP contribution in [0.5, 0.6) is 0 Å². The molecule has 1 aliphatic heterocycles. The summed E-state index contributed by atoms with van der Waals surface area (Å²) in [7, 11) is -2.13. The lowest BCUT2D eigenvalue weighted by atomic mass is 9.68. The molecule has 1 aromatic carbocycles. The first kappa shape index (κ1) is 30.7. The summed E-state index contributed by atoms with van der Waals surface area (Å²) in [6.45, 7) is 20.5. The topological polar surface area (TPSA) is 31.4 Å². The van der Waals surface area contributed by atoms with Crippen LogP contribution in [-0.4, -0.2) is 13.3 Å². The third-order valence-electron chi connectivity index (χ3n) is 10.1. The summed E-state index contributed by atoms with van der Waals surface area (Å²) in [4.78, 5) is 5.41. The maximum atomic E-state index is 13.5. The number of fused-ring (bicyclic) bond motifs is 4. The first-order valence-electron chi connectivity index (χ1n) is 15.5. The Kier molecular flexibility index (Phi) is 7.64. The highest BCUT2D eigenvalue weighted by Gasteiger charge is 2.53. The Morgan fingerprint density at radius 2 is 1.59 bits per heavy atom. The van der Waals surface area contributed by atoms with E-state index in [9.17, 15) is 13.2 Å². The minimum absolute atomic E-state index is 0.0432. The molecule has 0 radical (unpaired) electrons. The Morgan fingerprint density at radius 3 is 2.12 bits per heavy atom. The standard InChI is InChI=1S/C34H48F3NO2Si/c1-21(2)29-27-28(26-24(38-29)19-32(6,7)20-25(26)40-41(8,9)31(3,4)5)33(17-11-10-12-18-33)39-30(27)22-13-15-23(16-14-22)34(35,36)37/h13-16,21,25,30H,10-12,17-20H2,1-9H3/t25-,30?/m0/s1. The second-order valence-electron chi connectivity index (χ2n) is 15.4. The molecule has 2 atom stereocenters. The largest absolute Gasteiger partial charge is 0.416 e. The van der Waals surface area contributed by atoms with Crippen LogP contribution < -0.4 is 0 Å². The van der Waals surface area contributed by atoms with Gasteiger partial charge in [0.15, 0.2) is 8.32 Å². The molecule has 226 valence electrons. The van der Waals surface area contributed by atoms with Crippen molar-refractivity contribution in [2.75, 3.05) is 0 Å². The molecule has 0 bridgehead atoms. The number of aromatic nitrogens is 1. The van der Waals surface area contributed by atoms with Gasteiger partial charge in [-0.05, 0) is 78.4 Å². The van der Waals surface area contributed by atoms with Crippen LogP contribution in [0.4, 0.5) is 13.2 Å². The number of nitrogens with zero attached hydrogens (tertiary/aromatic N) is 1. The number of alkyl halides is 3. The van der Waals surface area contributed by atoms with Gasteiger partial charge in [-0.1, -0.05) is 79.9 Å². The van der Waals surface area contributed by atoms with Gasteiger partial charge in [-0.2, -0.15) is 13.2 Å². The molecule has 3 nitrogen and oxygen atoms in total. The molecule has 5 rings (SSSR count). The summed E-state index contributed by atoms with van der Waals surface area (Å²) in [5.74, 6) is 0.151. The highest BCUT2D eigenvalue weighted by Crippen LogP contribution is 2.60. The molecule has 2 aliphatic carbocycles. The molecule has 41 heavy (non-hydrogen) atoms.